The normalized spacial score (nSPS) is 15.0. The van der Waals surface area contributed by atoms with Crippen LogP contribution in [0.3, 0.4) is 0 Å². The predicted molar refractivity (Wildman–Crippen MR) is 174 cm³/mol. The highest BCUT2D eigenvalue weighted by molar-refractivity contribution is 8.02. The van der Waals surface area contributed by atoms with Gasteiger partial charge >= 0.3 is 6.71 Å². The third-order valence-corrected chi connectivity index (χ3v) is 12.5. The number of rotatable bonds is 0. The summed E-state index contributed by atoms with van der Waals surface area (Å²) in [7, 11) is 0. The first-order valence-corrected chi connectivity index (χ1v) is 16.4. The molecule has 0 spiro atoms. The van der Waals surface area contributed by atoms with Gasteiger partial charge < -0.3 is 13.6 Å². The number of benzene rings is 5. The lowest BCUT2D eigenvalue weighted by atomic mass is 9.34. The van der Waals surface area contributed by atoms with Crippen molar-refractivity contribution in [3.63, 3.8) is 0 Å². The van der Waals surface area contributed by atoms with Gasteiger partial charge in [0.05, 0.1) is 15.9 Å². The highest BCUT2D eigenvalue weighted by atomic mass is 32.2. The van der Waals surface area contributed by atoms with Crippen molar-refractivity contribution >= 4 is 104 Å². The lowest BCUT2D eigenvalue weighted by molar-refractivity contribution is 0.481. The van der Waals surface area contributed by atoms with Crippen LogP contribution in [-0.2, 0) is 0 Å². The molecule has 5 aromatic carbocycles. The van der Waals surface area contributed by atoms with Crippen LogP contribution in [0.4, 0.5) is 0 Å². The van der Waals surface area contributed by atoms with Crippen molar-refractivity contribution in [2.24, 2.45) is 0 Å². The Morgan fingerprint density at radius 3 is 2.00 bits per heavy atom. The molecule has 0 bridgehead atoms. The largest absolute Gasteiger partial charge is 0.469 e. The highest BCUT2D eigenvalue weighted by Crippen LogP contribution is 2.45. The van der Waals surface area contributed by atoms with E-state index in [0.717, 1.165) is 39.4 Å². The van der Waals surface area contributed by atoms with E-state index in [1.165, 1.54) is 56.6 Å². The molecule has 0 radical (unpaired) electrons. The maximum atomic E-state index is 6.70. The van der Waals surface area contributed by atoms with Crippen LogP contribution in [0, 0.1) is 0 Å². The Kier molecular flexibility index (Phi) is 4.30. The van der Waals surface area contributed by atoms with Crippen LogP contribution < -0.4 is 37.9 Å². The van der Waals surface area contributed by atoms with E-state index >= 15 is 0 Å². The molecule has 4 aliphatic heterocycles. The van der Waals surface area contributed by atoms with Crippen LogP contribution in [0.5, 0.6) is 11.5 Å². The van der Waals surface area contributed by atoms with Gasteiger partial charge in [-0.1, -0.05) is 83.2 Å². The summed E-state index contributed by atoms with van der Waals surface area (Å²) in [5.41, 5.74) is 8.97. The molecule has 6 heterocycles. The summed E-state index contributed by atoms with van der Waals surface area (Å²) in [6.07, 6.45) is 0. The average molecular weight is 590 g/mol. The van der Waals surface area contributed by atoms with Crippen molar-refractivity contribution in [1.82, 2.24) is 0 Å². The van der Waals surface area contributed by atoms with Gasteiger partial charge in [-0.05, 0) is 71.0 Å². The second kappa shape index (κ2) is 7.95. The molecule has 0 atom stereocenters. The standard InChI is InChI=1S/C34H16B2O3S3/c1-3-9-20-17(7-1)30-33(38-20)36-27-22(37-30)11-5-12-23(27)40-26-16-15-19-32(29(26)36)42-25-14-6-13-24-28(25)35(19)34-31(41-24)18-8-2-4-10-21(18)39-34/h1-16H. The number of fused-ring (bicyclic) bond motifs is 13. The number of para-hydroxylation sites is 2. The molecule has 0 aliphatic carbocycles. The monoisotopic (exact) mass is 590 g/mol. The Balaban J connectivity index is 1.22. The molecule has 3 nitrogen and oxygen atoms in total. The summed E-state index contributed by atoms with van der Waals surface area (Å²) in [6.45, 7) is -0.0121. The van der Waals surface area contributed by atoms with Gasteiger partial charge in [-0.25, -0.2) is 0 Å². The summed E-state index contributed by atoms with van der Waals surface area (Å²) in [5, 5.41) is 2.21. The van der Waals surface area contributed by atoms with Crippen molar-refractivity contribution in [2.75, 3.05) is 0 Å². The van der Waals surface area contributed by atoms with Gasteiger partial charge in [-0.3, -0.25) is 0 Å². The van der Waals surface area contributed by atoms with Crippen LogP contribution in [-0.4, -0.2) is 13.4 Å². The van der Waals surface area contributed by atoms with E-state index in [4.69, 9.17) is 13.6 Å². The van der Waals surface area contributed by atoms with E-state index in [-0.39, 0.29) is 13.4 Å². The molecule has 0 fully saturated rings. The van der Waals surface area contributed by atoms with Crippen LogP contribution >= 0.6 is 35.3 Å². The molecule has 0 saturated heterocycles. The fraction of sp³-hybridized carbons (Fsp3) is 0. The maximum Gasteiger partial charge on any atom is 0.300 e. The summed E-state index contributed by atoms with van der Waals surface area (Å²) in [4.78, 5) is 7.68. The molecule has 0 saturated carbocycles. The molecule has 0 unspecified atom stereocenters. The topological polar surface area (TPSA) is 35.5 Å². The Bertz CT molecular complexity index is 2360. The maximum absolute atomic E-state index is 6.70. The Hall–Kier alpha value is -3.84. The average Bonchev–Trinajstić information content (AvgIpc) is 3.59. The molecular weight excluding hydrogens is 574 g/mol. The molecule has 4 aliphatic rings. The van der Waals surface area contributed by atoms with E-state index in [0.29, 0.717) is 0 Å². The van der Waals surface area contributed by atoms with Crippen LogP contribution in [0.1, 0.15) is 0 Å². The van der Waals surface area contributed by atoms with Gasteiger partial charge in [0.25, 0.3) is 6.71 Å². The first-order chi connectivity index (χ1) is 20.8. The second-order valence-corrected chi connectivity index (χ2v) is 14.3. The molecule has 42 heavy (non-hydrogen) atoms. The fourth-order valence-electron chi connectivity index (χ4n) is 7.23. The fourth-order valence-corrected chi connectivity index (χ4v) is 11.1. The minimum atomic E-state index is -0.0520. The first-order valence-electron chi connectivity index (χ1n) is 14.0. The second-order valence-electron chi connectivity index (χ2n) is 11.1. The smallest absolute Gasteiger partial charge is 0.300 e. The Morgan fingerprint density at radius 2 is 1.14 bits per heavy atom. The molecule has 8 heteroatoms. The van der Waals surface area contributed by atoms with Crippen LogP contribution in [0.2, 0.25) is 0 Å². The Morgan fingerprint density at radius 1 is 0.476 bits per heavy atom. The van der Waals surface area contributed by atoms with Crippen molar-refractivity contribution in [2.45, 2.75) is 29.4 Å². The van der Waals surface area contributed by atoms with Crippen LogP contribution in [0.15, 0.2) is 135 Å². The Labute approximate surface area is 254 Å². The third-order valence-electron chi connectivity index (χ3n) is 8.95. The molecular formula is C34H16B2O3S3. The summed E-state index contributed by atoms with van der Waals surface area (Å²) >= 11 is 5.58. The number of ether oxygens (including phenoxy) is 1. The van der Waals surface area contributed by atoms with Gasteiger partial charge in [-0.15, -0.1) is 0 Å². The summed E-state index contributed by atoms with van der Waals surface area (Å²) < 4.78 is 20.0. The lowest BCUT2D eigenvalue weighted by Gasteiger charge is -2.36. The molecule has 7 aromatic rings. The molecule has 0 amide bonds. The molecule has 194 valence electrons. The minimum absolute atomic E-state index is 0.0398. The molecule has 2 aromatic heterocycles. The van der Waals surface area contributed by atoms with Crippen molar-refractivity contribution in [3.8, 4) is 11.5 Å². The van der Waals surface area contributed by atoms with E-state index in [9.17, 15) is 0 Å². The predicted octanol–water partition coefficient (Wildman–Crippen LogP) is 5.71. The van der Waals surface area contributed by atoms with Gasteiger partial charge in [0, 0.05) is 29.9 Å². The van der Waals surface area contributed by atoms with Gasteiger partial charge in [-0.2, -0.15) is 0 Å². The lowest BCUT2D eigenvalue weighted by Crippen LogP contribution is -2.63. The molecule has 0 N–H and O–H groups in total. The van der Waals surface area contributed by atoms with Crippen molar-refractivity contribution in [3.05, 3.63) is 97.1 Å². The van der Waals surface area contributed by atoms with E-state index in [2.05, 4.69) is 84.9 Å². The van der Waals surface area contributed by atoms with Crippen molar-refractivity contribution < 1.29 is 13.6 Å². The van der Waals surface area contributed by atoms with Crippen LogP contribution in [0.25, 0.3) is 21.9 Å². The van der Waals surface area contributed by atoms with E-state index < -0.39 is 0 Å². The third kappa shape index (κ3) is 2.76. The zero-order chi connectivity index (χ0) is 27.1. The number of hydrogen-bond donors (Lipinski definition) is 0. The van der Waals surface area contributed by atoms with Gasteiger partial charge in [0.1, 0.15) is 22.6 Å². The highest BCUT2D eigenvalue weighted by Gasteiger charge is 2.48. The molecule has 11 rings (SSSR count). The zero-order valence-corrected chi connectivity index (χ0v) is 24.3. The number of furan rings is 2. The SMILES string of the molecule is c1cc2c3c(c1)Sc1ccc4c(c1B3c1oc3ccccc3c1O2)Sc1cccc2c1B4c1oc3ccccc3c1S2. The first kappa shape index (κ1) is 22.7. The number of hydrogen-bond acceptors (Lipinski definition) is 6. The van der Waals surface area contributed by atoms with Crippen molar-refractivity contribution in [1.29, 1.82) is 0 Å². The van der Waals surface area contributed by atoms with E-state index in [1.54, 1.807) is 0 Å². The van der Waals surface area contributed by atoms with Gasteiger partial charge in [0.2, 0.25) is 0 Å². The quantitative estimate of drug-likeness (QED) is 0.211. The zero-order valence-electron chi connectivity index (χ0n) is 21.8. The summed E-state index contributed by atoms with van der Waals surface area (Å²) in [5.74, 6) is 1.76. The minimum Gasteiger partial charge on any atom is -0.469 e. The van der Waals surface area contributed by atoms with Gasteiger partial charge in [0.15, 0.2) is 5.75 Å². The van der Waals surface area contributed by atoms with E-state index in [1.807, 2.05) is 47.4 Å². The summed E-state index contributed by atoms with van der Waals surface area (Å²) in [6, 6.07) is 34.5.